The predicted octanol–water partition coefficient (Wildman–Crippen LogP) is 4.77. The lowest BCUT2D eigenvalue weighted by Gasteiger charge is -2.11. The van der Waals surface area contributed by atoms with Gasteiger partial charge in [-0.1, -0.05) is 37.3 Å². The molecule has 0 aliphatic heterocycles. The standard InChI is InChI=1S/C23H23N3O2/c1-4-17-7-5-6-8-19(17)25-22(27)18-11-12-24-21(14-18)23(28)26-20-13-15(2)9-10-16(20)3/h5-14H,4H2,1-3H3,(H,25,27)(H,26,28). The van der Waals surface area contributed by atoms with Gasteiger partial charge in [-0.3, -0.25) is 14.6 Å². The molecular weight excluding hydrogens is 350 g/mol. The summed E-state index contributed by atoms with van der Waals surface area (Å²) in [4.78, 5) is 29.4. The molecule has 5 heteroatoms. The summed E-state index contributed by atoms with van der Waals surface area (Å²) in [6.45, 7) is 5.93. The maximum Gasteiger partial charge on any atom is 0.274 e. The molecule has 5 nitrogen and oxygen atoms in total. The highest BCUT2D eigenvalue weighted by molar-refractivity contribution is 6.08. The normalized spacial score (nSPS) is 10.4. The second-order valence-electron chi connectivity index (χ2n) is 6.67. The Morgan fingerprint density at radius 1 is 0.893 bits per heavy atom. The molecule has 0 bridgehead atoms. The molecule has 0 saturated carbocycles. The molecule has 0 radical (unpaired) electrons. The Morgan fingerprint density at radius 2 is 1.64 bits per heavy atom. The third-order valence-corrected chi connectivity index (χ3v) is 4.54. The third-order valence-electron chi connectivity index (χ3n) is 4.54. The van der Waals surface area contributed by atoms with E-state index in [0.717, 1.165) is 34.5 Å². The Morgan fingerprint density at radius 3 is 2.43 bits per heavy atom. The Kier molecular flexibility index (Phi) is 5.84. The van der Waals surface area contributed by atoms with Crippen LogP contribution in [-0.4, -0.2) is 16.8 Å². The number of nitrogens with one attached hydrogen (secondary N) is 2. The molecule has 0 atom stereocenters. The minimum atomic E-state index is -0.350. The van der Waals surface area contributed by atoms with Crippen LogP contribution >= 0.6 is 0 Å². The van der Waals surface area contributed by atoms with E-state index in [9.17, 15) is 9.59 Å². The van der Waals surface area contributed by atoms with E-state index in [1.165, 1.54) is 12.3 Å². The van der Waals surface area contributed by atoms with Crippen molar-refractivity contribution in [3.8, 4) is 0 Å². The lowest BCUT2D eigenvalue weighted by molar-refractivity contribution is 0.102. The monoisotopic (exact) mass is 373 g/mol. The van der Waals surface area contributed by atoms with E-state index >= 15 is 0 Å². The number of benzene rings is 2. The van der Waals surface area contributed by atoms with Crippen LogP contribution < -0.4 is 10.6 Å². The van der Waals surface area contributed by atoms with Crippen LogP contribution in [0.2, 0.25) is 0 Å². The SMILES string of the molecule is CCc1ccccc1NC(=O)c1ccnc(C(=O)Nc2cc(C)ccc2C)c1. The van der Waals surface area contributed by atoms with Crippen LogP contribution in [0, 0.1) is 13.8 Å². The second-order valence-corrected chi connectivity index (χ2v) is 6.67. The van der Waals surface area contributed by atoms with Gasteiger partial charge in [0.1, 0.15) is 5.69 Å². The van der Waals surface area contributed by atoms with Gasteiger partial charge in [-0.2, -0.15) is 0 Å². The van der Waals surface area contributed by atoms with E-state index in [2.05, 4.69) is 15.6 Å². The number of nitrogens with zero attached hydrogens (tertiary/aromatic N) is 1. The van der Waals surface area contributed by atoms with E-state index in [4.69, 9.17) is 0 Å². The van der Waals surface area contributed by atoms with Crippen LogP contribution in [-0.2, 0) is 6.42 Å². The van der Waals surface area contributed by atoms with Gasteiger partial charge in [0.05, 0.1) is 0 Å². The quantitative estimate of drug-likeness (QED) is 0.677. The van der Waals surface area contributed by atoms with Gasteiger partial charge in [-0.25, -0.2) is 0 Å². The number of hydrogen-bond donors (Lipinski definition) is 2. The molecule has 1 heterocycles. The van der Waals surface area contributed by atoms with Crippen LogP contribution in [0.15, 0.2) is 60.8 Å². The van der Waals surface area contributed by atoms with Crippen molar-refractivity contribution in [2.45, 2.75) is 27.2 Å². The second kappa shape index (κ2) is 8.48. The van der Waals surface area contributed by atoms with Crippen molar-refractivity contribution in [3.63, 3.8) is 0 Å². The fraction of sp³-hybridized carbons (Fsp3) is 0.174. The molecule has 2 aromatic carbocycles. The molecule has 2 N–H and O–H groups in total. The fourth-order valence-corrected chi connectivity index (χ4v) is 2.90. The zero-order valence-corrected chi connectivity index (χ0v) is 16.2. The summed E-state index contributed by atoms with van der Waals surface area (Å²) >= 11 is 0. The van der Waals surface area contributed by atoms with Crippen molar-refractivity contribution in [1.29, 1.82) is 0 Å². The van der Waals surface area contributed by atoms with Gasteiger partial charge in [0.25, 0.3) is 11.8 Å². The summed E-state index contributed by atoms with van der Waals surface area (Å²) in [5, 5.41) is 5.78. The minimum Gasteiger partial charge on any atom is -0.322 e. The molecule has 0 aliphatic carbocycles. The molecule has 28 heavy (non-hydrogen) atoms. The van der Waals surface area contributed by atoms with Gasteiger partial charge in [-0.15, -0.1) is 0 Å². The van der Waals surface area contributed by atoms with Gasteiger partial charge < -0.3 is 10.6 Å². The number of rotatable bonds is 5. The Bertz CT molecular complexity index is 1030. The highest BCUT2D eigenvalue weighted by atomic mass is 16.2. The molecule has 0 spiro atoms. The van der Waals surface area contributed by atoms with E-state index in [0.29, 0.717) is 5.56 Å². The van der Waals surface area contributed by atoms with Gasteiger partial charge in [0.15, 0.2) is 0 Å². The predicted molar refractivity (Wildman–Crippen MR) is 112 cm³/mol. The van der Waals surface area contributed by atoms with Crippen molar-refractivity contribution in [2.24, 2.45) is 0 Å². The largest absolute Gasteiger partial charge is 0.322 e. The molecule has 3 rings (SSSR count). The maximum absolute atomic E-state index is 12.6. The van der Waals surface area contributed by atoms with Gasteiger partial charge in [0.2, 0.25) is 0 Å². The van der Waals surface area contributed by atoms with E-state index in [1.807, 2.05) is 63.2 Å². The first kappa shape index (κ1) is 19.3. The van der Waals surface area contributed by atoms with Crippen molar-refractivity contribution in [1.82, 2.24) is 4.98 Å². The first-order valence-electron chi connectivity index (χ1n) is 9.22. The first-order valence-corrected chi connectivity index (χ1v) is 9.22. The Balaban J connectivity index is 1.78. The highest BCUT2D eigenvalue weighted by Crippen LogP contribution is 2.19. The van der Waals surface area contributed by atoms with Gasteiger partial charge in [0, 0.05) is 23.1 Å². The first-order chi connectivity index (χ1) is 13.5. The van der Waals surface area contributed by atoms with Crippen molar-refractivity contribution >= 4 is 23.2 Å². The van der Waals surface area contributed by atoms with Crippen LogP contribution in [0.5, 0.6) is 0 Å². The number of para-hydroxylation sites is 1. The molecule has 0 saturated heterocycles. The number of anilines is 2. The van der Waals surface area contributed by atoms with Crippen molar-refractivity contribution < 1.29 is 9.59 Å². The summed E-state index contributed by atoms with van der Waals surface area (Å²) in [5.41, 5.74) is 5.15. The van der Waals surface area contributed by atoms with E-state index in [1.54, 1.807) is 6.07 Å². The number of aromatic nitrogens is 1. The molecule has 1 aromatic heterocycles. The third kappa shape index (κ3) is 4.43. The molecule has 0 fully saturated rings. The zero-order chi connectivity index (χ0) is 20.1. The minimum absolute atomic E-state index is 0.192. The summed E-state index contributed by atoms with van der Waals surface area (Å²) in [5.74, 6) is -0.624. The molecule has 3 aromatic rings. The molecule has 0 unspecified atom stereocenters. The number of amides is 2. The van der Waals surface area contributed by atoms with E-state index in [-0.39, 0.29) is 17.5 Å². The topological polar surface area (TPSA) is 71.1 Å². The summed E-state index contributed by atoms with van der Waals surface area (Å²) in [6.07, 6.45) is 2.29. The average Bonchev–Trinajstić information content (AvgIpc) is 2.71. The average molecular weight is 373 g/mol. The molecular formula is C23H23N3O2. The lowest BCUT2D eigenvalue weighted by Crippen LogP contribution is -2.17. The maximum atomic E-state index is 12.6. The smallest absolute Gasteiger partial charge is 0.274 e. The van der Waals surface area contributed by atoms with Gasteiger partial charge >= 0.3 is 0 Å². The Labute approximate surface area is 164 Å². The fourth-order valence-electron chi connectivity index (χ4n) is 2.90. The molecule has 142 valence electrons. The number of hydrogen-bond acceptors (Lipinski definition) is 3. The van der Waals surface area contributed by atoms with E-state index < -0.39 is 0 Å². The zero-order valence-electron chi connectivity index (χ0n) is 16.2. The number of aryl methyl sites for hydroxylation is 3. The number of carbonyl (C=O) groups excluding carboxylic acids is 2. The molecule has 2 amide bonds. The molecule has 0 aliphatic rings. The summed E-state index contributed by atoms with van der Waals surface area (Å²) in [7, 11) is 0. The van der Waals surface area contributed by atoms with Crippen molar-refractivity contribution in [2.75, 3.05) is 10.6 Å². The highest BCUT2D eigenvalue weighted by Gasteiger charge is 2.14. The van der Waals surface area contributed by atoms with Crippen LogP contribution in [0.1, 0.15) is 44.5 Å². The van der Waals surface area contributed by atoms with Crippen molar-refractivity contribution in [3.05, 3.63) is 88.7 Å². The summed E-state index contributed by atoms with van der Waals surface area (Å²) in [6, 6.07) is 16.6. The van der Waals surface area contributed by atoms with Gasteiger partial charge in [-0.05, 0) is 61.2 Å². The Hall–Kier alpha value is -3.47. The van der Waals surface area contributed by atoms with Crippen LogP contribution in [0.3, 0.4) is 0 Å². The number of carbonyl (C=O) groups is 2. The van der Waals surface area contributed by atoms with Crippen LogP contribution in [0.25, 0.3) is 0 Å². The number of pyridine rings is 1. The lowest BCUT2D eigenvalue weighted by atomic mass is 10.1. The summed E-state index contributed by atoms with van der Waals surface area (Å²) < 4.78 is 0. The van der Waals surface area contributed by atoms with Crippen LogP contribution in [0.4, 0.5) is 11.4 Å².